The molecule has 0 spiro atoms. The van der Waals surface area contributed by atoms with Crippen molar-refractivity contribution < 1.29 is 48.7 Å². The molecule has 41 heavy (non-hydrogen) atoms. The normalized spacial score (nSPS) is 25.6. The lowest BCUT2D eigenvalue weighted by Gasteiger charge is -2.50. The highest BCUT2D eigenvalue weighted by molar-refractivity contribution is 6.24. The number of likely N-dealkylation sites (N-methyl/N-ethyl adjacent to an activating group) is 1. The molecule has 3 aliphatic rings. The Morgan fingerprint density at radius 3 is 2.44 bits per heavy atom. The van der Waals surface area contributed by atoms with Crippen molar-refractivity contribution in [3.8, 4) is 22.6 Å². The second-order valence-electron chi connectivity index (χ2n) is 10.6. The maximum atomic E-state index is 15.1. The maximum Gasteiger partial charge on any atom is 0.255 e. The SMILES string of the molecule is COc1ccc(C=O)cc1-c1cc(F)c(O)c2c1CC1CC3C(N(C)C)C(=O)C(C(N)=O)=C(O)C3(O)C(=O)C1=C2O. The molecule has 4 unspecified atom stereocenters. The van der Waals surface area contributed by atoms with Crippen LogP contribution in [0.2, 0.25) is 0 Å². The fourth-order valence-electron chi connectivity index (χ4n) is 6.53. The van der Waals surface area contributed by atoms with Crippen LogP contribution in [0.5, 0.6) is 11.5 Å². The van der Waals surface area contributed by atoms with Crippen molar-refractivity contribution in [2.75, 3.05) is 21.2 Å². The van der Waals surface area contributed by atoms with E-state index in [9.17, 15) is 39.6 Å². The number of rotatable bonds is 5. The van der Waals surface area contributed by atoms with E-state index in [1.807, 2.05) is 0 Å². The van der Waals surface area contributed by atoms with Gasteiger partial charge in [-0.05, 0) is 68.2 Å². The highest BCUT2D eigenvalue weighted by atomic mass is 19.1. The number of aliphatic hydroxyl groups excluding tert-OH is 2. The van der Waals surface area contributed by atoms with Crippen LogP contribution in [0.1, 0.15) is 27.9 Å². The topological polar surface area (TPSA) is 188 Å². The average Bonchev–Trinajstić information content (AvgIpc) is 2.91. The number of ether oxygens (including phenoxy) is 1. The Hall–Kier alpha value is -4.55. The predicted octanol–water partition coefficient (Wildman–Crippen LogP) is 1.59. The number of methoxy groups -OCH3 is 1. The lowest BCUT2D eigenvalue weighted by molar-refractivity contribution is -0.153. The lowest BCUT2D eigenvalue weighted by Crippen LogP contribution is -2.65. The smallest absolute Gasteiger partial charge is 0.255 e. The number of nitrogens with two attached hydrogens (primary N) is 1. The van der Waals surface area contributed by atoms with Crippen LogP contribution >= 0.6 is 0 Å². The molecule has 0 saturated heterocycles. The van der Waals surface area contributed by atoms with Crippen molar-refractivity contribution in [2.24, 2.45) is 17.6 Å². The zero-order chi connectivity index (χ0) is 30.1. The second kappa shape index (κ2) is 9.53. The quantitative estimate of drug-likeness (QED) is 0.263. The number of hydrogen-bond acceptors (Lipinski definition) is 10. The first-order chi connectivity index (χ1) is 19.3. The summed E-state index contributed by atoms with van der Waals surface area (Å²) in [6.07, 6.45) is 0.394. The number of fused-ring (bicyclic) bond motifs is 3. The molecule has 2 aromatic rings. The van der Waals surface area contributed by atoms with Gasteiger partial charge in [0.25, 0.3) is 5.91 Å². The van der Waals surface area contributed by atoms with E-state index in [2.05, 4.69) is 0 Å². The van der Waals surface area contributed by atoms with Crippen LogP contribution < -0.4 is 10.5 Å². The molecule has 2 aromatic carbocycles. The van der Waals surface area contributed by atoms with E-state index in [-0.39, 0.29) is 40.8 Å². The minimum Gasteiger partial charge on any atom is -0.508 e. The standard InChI is InChI=1S/C29H27FN2O9/c1-32(2)22-16-8-12-7-15-13(14-6-11(10-33)4-5-18(14)41-3)9-17(30)23(34)20(15)24(35)19(12)26(37)29(16,40)27(38)21(25(22)36)28(31)39/h4-6,9-10,12,16,22,34-35,38,40H,7-8H2,1-3H3,(H2,31,39). The Bertz CT molecular complexity index is 1630. The van der Waals surface area contributed by atoms with Crippen molar-refractivity contribution in [2.45, 2.75) is 24.5 Å². The highest BCUT2D eigenvalue weighted by Crippen LogP contribution is 2.54. The molecule has 6 N–H and O–H groups in total. The van der Waals surface area contributed by atoms with Gasteiger partial charge in [0.15, 0.2) is 23.0 Å². The molecule has 214 valence electrons. The molecular formula is C29H27FN2O9. The first kappa shape index (κ1) is 28.0. The molecule has 3 aliphatic carbocycles. The summed E-state index contributed by atoms with van der Waals surface area (Å²) in [6, 6.07) is 4.25. The average molecular weight is 567 g/mol. The number of benzene rings is 2. The molecular weight excluding hydrogens is 539 g/mol. The van der Waals surface area contributed by atoms with Crippen LogP contribution in [0, 0.1) is 17.7 Å². The minimum absolute atomic E-state index is 0.0633. The van der Waals surface area contributed by atoms with E-state index in [1.54, 1.807) is 0 Å². The number of ketones is 2. The lowest BCUT2D eigenvalue weighted by atomic mass is 9.57. The molecule has 0 heterocycles. The van der Waals surface area contributed by atoms with Gasteiger partial charge in [-0.1, -0.05) is 0 Å². The molecule has 0 aliphatic heterocycles. The third-order valence-electron chi connectivity index (χ3n) is 8.32. The van der Waals surface area contributed by atoms with Gasteiger partial charge in [-0.15, -0.1) is 0 Å². The third-order valence-corrected chi connectivity index (χ3v) is 8.32. The number of Topliss-reactive ketones (excluding diaryl/α,β-unsaturated/α-hetero) is 2. The summed E-state index contributed by atoms with van der Waals surface area (Å²) in [5, 5.41) is 44.7. The number of aliphatic hydroxyl groups is 3. The van der Waals surface area contributed by atoms with E-state index in [0.717, 1.165) is 6.07 Å². The van der Waals surface area contributed by atoms with Gasteiger partial charge in [-0.2, -0.15) is 0 Å². The van der Waals surface area contributed by atoms with Crippen molar-refractivity contribution in [1.82, 2.24) is 4.90 Å². The number of hydrogen-bond donors (Lipinski definition) is 5. The summed E-state index contributed by atoms with van der Waals surface area (Å²) in [6.45, 7) is 0. The number of phenols is 1. The molecule has 0 radical (unpaired) electrons. The van der Waals surface area contributed by atoms with Gasteiger partial charge in [0.1, 0.15) is 29.1 Å². The molecule has 1 amide bonds. The van der Waals surface area contributed by atoms with Crippen LogP contribution in [0.3, 0.4) is 0 Å². The monoisotopic (exact) mass is 566 g/mol. The number of halogens is 1. The molecule has 12 heteroatoms. The van der Waals surface area contributed by atoms with Crippen molar-refractivity contribution in [1.29, 1.82) is 0 Å². The van der Waals surface area contributed by atoms with Crippen molar-refractivity contribution in [3.63, 3.8) is 0 Å². The van der Waals surface area contributed by atoms with Crippen molar-refractivity contribution >= 4 is 29.5 Å². The van der Waals surface area contributed by atoms with Gasteiger partial charge >= 0.3 is 0 Å². The largest absolute Gasteiger partial charge is 0.508 e. The predicted molar refractivity (Wildman–Crippen MR) is 142 cm³/mol. The van der Waals surface area contributed by atoms with Crippen LogP contribution in [0.25, 0.3) is 16.9 Å². The van der Waals surface area contributed by atoms with E-state index < -0.39 is 80.7 Å². The van der Waals surface area contributed by atoms with E-state index >= 15 is 4.39 Å². The van der Waals surface area contributed by atoms with Gasteiger partial charge < -0.3 is 30.9 Å². The molecule has 0 aromatic heterocycles. The Balaban J connectivity index is 1.79. The Morgan fingerprint density at radius 1 is 1.17 bits per heavy atom. The summed E-state index contributed by atoms with van der Waals surface area (Å²) in [5.41, 5.74) is 1.72. The number of phenolic OH excluding ortho intramolecular Hbond substituents is 1. The molecule has 1 fully saturated rings. The summed E-state index contributed by atoms with van der Waals surface area (Å²) in [7, 11) is 4.37. The number of amides is 1. The zero-order valence-electron chi connectivity index (χ0n) is 22.3. The molecule has 5 rings (SSSR count). The van der Waals surface area contributed by atoms with E-state index in [0.29, 0.717) is 6.29 Å². The Morgan fingerprint density at radius 2 is 1.85 bits per heavy atom. The summed E-state index contributed by atoms with van der Waals surface area (Å²) in [5.74, 6) is -9.41. The number of aldehydes is 1. The van der Waals surface area contributed by atoms with Crippen LogP contribution in [0.15, 0.2) is 41.2 Å². The van der Waals surface area contributed by atoms with E-state index in [4.69, 9.17) is 10.5 Å². The van der Waals surface area contributed by atoms with Crippen molar-refractivity contribution in [3.05, 3.63) is 63.7 Å². The first-order valence-electron chi connectivity index (χ1n) is 12.6. The number of aromatic hydroxyl groups is 1. The van der Waals surface area contributed by atoms with Crippen LogP contribution in [0.4, 0.5) is 4.39 Å². The Labute approximate surface area is 232 Å². The van der Waals surface area contributed by atoms with Crippen LogP contribution in [-0.4, -0.2) is 81.9 Å². The van der Waals surface area contributed by atoms with Crippen LogP contribution in [-0.2, 0) is 20.8 Å². The van der Waals surface area contributed by atoms with Gasteiger partial charge in [-0.3, -0.25) is 24.1 Å². The number of primary amides is 1. The summed E-state index contributed by atoms with van der Waals surface area (Å²) < 4.78 is 20.5. The van der Waals surface area contributed by atoms with Gasteiger partial charge in [0.2, 0.25) is 5.78 Å². The molecule has 11 nitrogen and oxygen atoms in total. The maximum absolute atomic E-state index is 15.1. The molecule has 0 bridgehead atoms. The zero-order valence-corrected chi connectivity index (χ0v) is 22.3. The fourth-order valence-corrected chi connectivity index (χ4v) is 6.53. The van der Waals surface area contributed by atoms with Gasteiger partial charge in [0.05, 0.1) is 18.7 Å². The minimum atomic E-state index is -2.81. The highest BCUT2D eigenvalue weighted by Gasteiger charge is 2.64. The second-order valence-corrected chi connectivity index (χ2v) is 10.6. The van der Waals surface area contributed by atoms with E-state index in [1.165, 1.54) is 44.3 Å². The summed E-state index contributed by atoms with van der Waals surface area (Å²) in [4.78, 5) is 52.2. The molecule has 1 saturated carbocycles. The summed E-state index contributed by atoms with van der Waals surface area (Å²) >= 11 is 0. The van der Waals surface area contributed by atoms with Gasteiger partial charge in [-0.25, -0.2) is 4.39 Å². The number of carbonyl (C=O) groups excluding carboxylic acids is 4. The molecule has 4 atom stereocenters. The number of nitrogens with zero attached hydrogens (tertiary/aromatic N) is 1. The number of carbonyl (C=O) groups is 4. The third kappa shape index (κ3) is 3.78. The van der Waals surface area contributed by atoms with Gasteiger partial charge in [0, 0.05) is 22.6 Å². The Kier molecular flexibility index (Phi) is 6.51. The first-order valence-corrected chi connectivity index (χ1v) is 12.6. The fraction of sp³-hybridized carbons (Fsp3) is 0.310.